The highest BCUT2D eigenvalue weighted by molar-refractivity contribution is 5.95. The van der Waals surface area contributed by atoms with Gasteiger partial charge in [0.05, 0.1) is 6.10 Å². The topological polar surface area (TPSA) is 77.8 Å². The summed E-state index contributed by atoms with van der Waals surface area (Å²) in [6.45, 7) is 2.72. The smallest absolute Gasteiger partial charge is 0.303 e. The molecule has 0 saturated heterocycles. The van der Waals surface area contributed by atoms with Crippen molar-refractivity contribution in [1.29, 1.82) is 0 Å². The van der Waals surface area contributed by atoms with E-state index in [-0.39, 0.29) is 30.3 Å². The molecule has 1 aliphatic carbocycles. The number of carboxylic acids is 1. The molecule has 2 N–H and O–H groups in total. The number of allylic oxidation sites excluding steroid dienone is 3. The van der Waals surface area contributed by atoms with Crippen molar-refractivity contribution in [2.75, 3.05) is 13.6 Å². The predicted molar refractivity (Wildman–Crippen MR) is 99.4 cm³/mol. The third-order valence-corrected chi connectivity index (χ3v) is 4.70. The number of aliphatic hydroxyl groups is 1. The molecule has 0 aromatic heterocycles. The van der Waals surface area contributed by atoms with Crippen LogP contribution in [0.2, 0.25) is 0 Å². The van der Waals surface area contributed by atoms with Gasteiger partial charge in [-0.05, 0) is 38.8 Å². The largest absolute Gasteiger partial charge is 0.481 e. The molecule has 0 bridgehead atoms. The Labute approximate surface area is 151 Å². The molecule has 5 nitrogen and oxygen atoms in total. The predicted octanol–water partition coefficient (Wildman–Crippen LogP) is 3.18. The van der Waals surface area contributed by atoms with Crippen molar-refractivity contribution in [1.82, 2.24) is 4.90 Å². The molecule has 0 radical (unpaired) electrons. The van der Waals surface area contributed by atoms with Crippen LogP contribution in [0.1, 0.15) is 58.3 Å². The van der Waals surface area contributed by atoms with E-state index in [4.69, 9.17) is 5.11 Å². The summed E-state index contributed by atoms with van der Waals surface area (Å²) in [6, 6.07) is 0.0250. The minimum atomic E-state index is -0.775. The van der Waals surface area contributed by atoms with Gasteiger partial charge in [0, 0.05) is 24.9 Å². The van der Waals surface area contributed by atoms with E-state index in [2.05, 4.69) is 11.8 Å². The van der Waals surface area contributed by atoms with E-state index in [1.807, 2.05) is 25.3 Å². The highest BCUT2D eigenvalue weighted by Gasteiger charge is 2.32. The minimum absolute atomic E-state index is 0.0250. The molecule has 0 aliphatic heterocycles. The maximum Gasteiger partial charge on any atom is 0.303 e. The molecular weight excluding hydrogens is 318 g/mol. The second-order valence-corrected chi connectivity index (χ2v) is 6.94. The molecule has 0 saturated carbocycles. The number of hydrogen-bond donors (Lipinski definition) is 2. The quantitative estimate of drug-likeness (QED) is 0.394. The van der Waals surface area contributed by atoms with E-state index in [0.29, 0.717) is 19.4 Å². The van der Waals surface area contributed by atoms with E-state index in [9.17, 15) is 14.7 Å². The SMILES string of the molecule is CCCCCC(O)CN(C)[C@H]1C=CC(=O)[C@@H]1CC=CCCCC(=O)O. The molecule has 0 amide bonds. The maximum absolute atomic E-state index is 12.1. The summed E-state index contributed by atoms with van der Waals surface area (Å²) in [7, 11) is 1.96. The molecule has 1 unspecified atom stereocenters. The Kier molecular flexibility index (Phi) is 10.3. The van der Waals surface area contributed by atoms with E-state index in [1.54, 1.807) is 6.08 Å². The van der Waals surface area contributed by atoms with E-state index < -0.39 is 5.97 Å². The number of aliphatic hydroxyl groups excluding tert-OH is 1. The Morgan fingerprint density at radius 3 is 2.76 bits per heavy atom. The summed E-state index contributed by atoms with van der Waals surface area (Å²) in [5.41, 5.74) is 0. The van der Waals surface area contributed by atoms with Gasteiger partial charge in [-0.1, -0.05) is 44.4 Å². The van der Waals surface area contributed by atoms with Gasteiger partial charge in [-0.2, -0.15) is 0 Å². The van der Waals surface area contributed by atoms with Crippen molar-refractivity contribution in [3.63, 3.8) is 0 Å². The van der Waals surface area contributed by atoms with Gasteiger partial charge in [0.15, 0.2) is 5.78 Å². The van der Waals surface area contributed by atoms with Crippen LogP contribution in [0.5, 0.6) is 0 Å². The number of carboxylic acid groups (broad SMARTS) is 1. The number of ketones is 1. The molecule has 142 valence electrons. The van der Waals surface area contributed by atoms with Crippen LogP contribution in [0, 0.1) is 5.92 Å². The first-order chi connectivity index (χ1) is 12.0. The molecular formula is C20H33NO4. The van der Waals surface area contributed by atoms with Gasteiger partial charge in [0.2, 0.25) is 0 Å². The summed E-state index contributed by atoms with van der Waals surface area (Å²) in [6.07, 6.45) is 13.5. The highest BCUT2D eigenvalue weighted by Crippen LogP contribution is 2.24. The average molecular weight is 351 g/mol. The van der Waals surface area contributed by atoms with Gasteiger partial charge in [0.1, 0.15) is 0 Å². The van der Waals surface area contributed by atoms with E-state index >= 15 is 0 Å². The van der Waals surface area contributed by atoms with Crippen molar-refractivity contribution < 1.29 is 19.8 Å². The Hall–Kier alpha value is -1.46. The zero-order valence-corrected chi connectivity index (χ0v) is 15.6. The van der Waals surface area contributed by atoms with Gasteiger partial charge in [-0.15, -0.1) is 0 Å². The minimum Gasteiger partial charge on any atom is -0.481 e. The molecule has 25 heavy (non-hydrogen) atoms. The van der Waals surface area contributed by atoms with Crippen LogP contribution in [-0.2, 0) is 9.59 Å². The first-order valence-electron chi connectivity index (χ1n) is 9.42. The standard InChI is InChI=1S/C20H33NO4/c1-3-4-7-10-16(22)15-21(2)18-13-14-19(23)17(18)11-8-5-6-9-12-20(24)25/h5,8,13-14,16-18,22H,3-4,6-7,9-12,15H2,1-2H3,(H,24,25)/t16?,17-,18+/m1/s1. The average Bonchev–Trinajstić information content (AvgIpc) is 2.91. The molecule has 0 aromatic rings. The third kappa shape index (κ3) is 8.45. The molecule has 5 heteroatoms. The number of carbonyl (C=O) groups is 2. The monoisotopic (exact) mass is 351 g/mol. The number of unbranched alkanes of at least 4 members (excludes halogenated alkanes) is 3. The fourth-order valence-electron chi connectivity index (χ4n) is 3.24. The Morgan fingerprint density at radius 2 is 2.08 bits per heavy atom. The fourth-order valence-corrected chi connectivity index (χ4v) is 3.24. The van der Waals surface area contributed by atoms with Gasteiger partial charge in [-0.3, -0.25) is 14.5 Å². The zero-order chi connectivity index (χ0) is 18.7. The molecule has 0 heterocycles. The third-order valence-electron chi connectivity index (χ3n) is 4.70. The molecule has 3 atom stereocenters. The van der Waals surface area contributed by atoms with Crippen LogP contribution in [0.3, 0.4) is 0 Å². The lowest BCUT2D eigenvalue weighted by Crippen LogP contribution is -2.40. The zero-order valence-electron chi connectivity index (χ0n) is 15.6. The van der Waals surface area contributed by atoms with E-state index in [1.165, 1.54) is 0 Å². The lowest BCUT2D eigenvalue weighted by molar-refractivity contribution is -0.137. The van der Waals surface area contributed by atoms with Gasteiger partial charge in [0.25, 0.3) is 0 Å². The van der Waals surface area contributed by atoms with Crippen LogP contribution in [-0.4, -0.2) is 52.6 Å². The Bertz CT molecular complexity index is 472. The van der Waals surface area contributed by atoms with Gasteiger partial charge < -0.3 is 10.2 Å². The lowest BCUT2D eigenvalue weighted by atomic mass is 9.95. The Morgan fingerprint density at radius 1 is 1.32 bits per heavy atom. The lowest BCUT2D eigenvalue weighted by Gasteiger charge is -2.29. The number of likely N-dealkylation sites (N-methyl/N-ethyl adjacent to an activating group) is 1. The van der Waals surface area contributed by atoms with Crippen LogP contribution in [0.4, 0.5) is 0 Å². The number of hydrogen-bond acceptors (Lipinski definition) is 4. The highest BCUT2D eigenvalue weighted by atomic mass is 16.4. The Balaban J connectivity index is 2.41. The summed E-state index contributed by atoms with van der Waals surface area (Å²) < 4.78 is 0. The van der Waals surface area contributed by atoms with Crippen molar-refractivity contribution >= 4 is 11.8 Å². The molecule has 0 spiro atoms. The molecule has 0 fully saturated rings. The maximum atomic E-state index is 12.1. The number of nitrogens with zero attached hydrogens (tertiary/aromatic N) is 1. The normalized spacial score (nSPS) is 21.5. The van der Waals surface area contributed by atoms with Crippen molar-refractivity contribution in [3.8, 4) is 0 Å². The van der Waals surface area contributed by atoms with E-state index in [0.717, 1.165) is 32.1 Å². The number of carbonyl (C=O) groups excluding carboxylic acids is 1. The summed E-state index contributed by atoms with van der Waals surface area (Å²) >= 11 is 0. The fraction of sp³-hybridized carbons (Fsp3) is 0.700. The molecule has 0 aromatic carbocycles. The first-order valence-corrected chi connectivity index (χ1v) is 9.42. The van der Waals surface area contributed by atoms with Crippen molar-refractivity contribution in [3.05, 3.63) is 24.3 Å². The molecule has 1 aliphatic rings. The molecule has 1 rings (SSSR count). The second-order valence-electron chi connectivity index (χ2n) is 6.94. The van der Waals surface area contributed by atoms with Gasteiger partial charge in [-0.25, -0.2) is 0 Å². The number of aliphatic carboxylic acids is 1. The summed E-state index contributed by atoms with van der Waals surface area (Å²) in [5, 5.41) is 18.8. The van der Waals surface area contributed by atoms with Crippen molar-refractivity contribution in [2.24, 2.45) is 5.92 Å². The van der Waals surface area contributed by atoms with Crippen LogP contribution in [0.25, 0.3) is 0 Å². The summed E-state index contributed by atoms with van der Waals surface area (Å²) in [4.78, 5) is 24.6. The summed E-state index contributed by atoms with van der Waals surface area (Å²) in [5.74, 6) is -0.751. The van der Waals surface area contributed by atoms with Crippen molar-refractivity contribution in [2.45, 2.75) is 70.4 Å². The van der Waals surface area contributed by atoms with Crippen LogP contribution < -0.4 is 0 Å². The first kappa shape index (κ1) is 21.6. The number of rotatable bonds is 13. The second kappa shape index (κ2) is 12.0. The van der Waals surface area contributed by atoms with Crippen LogP contribution >= 0.6 is 0 Å². The van der Waals surface area contributed by atoms with Gasteiger partial charge >= 0.3 is 5.97 Å². The van der Waals surface area contributed by atoms with Crippen LogP contribution in [0.15, 0.2) is 24.3 Å².